The Kier molecular flexibility index (Phi) is 3.60. The molecule has 19 heavy (non-hydrogen) atoms. The van der Waals surface area contributed by atoms with Crippen molar-refractivity contribution in [3.8, 4) is 0 Å². The van der Waals surface area contributed by atoms with E-state index >= 15 is 0 Å². The quantitative estimate of drug-likeness (QED) is 0.856. The fraction of sp³-hybridized carbons (Fsp3) is 0.667. The first kappa shape index (κ1) is 12.7. The minimum atomic E-state index is 0.0271. The van der Waals surface area contributed by atoms with Crippen molar-refractivity contribution in [1.29, 1.82) is 0 Å². The number of likely N-dealkylation sites (tertiary alicyclic amines) is 1. The summed E-state index contributed by atoms with van der Waals surface area (Å²) in [5.41, 5.74) is 1.18. The fourth-order valence-electron chi connectivity index (χ4n) is 3.40. The lowest BCUT2D eigenvalue weighted by atomic mass is 9.93. The summed E-state index contributed by atoms with van der Waals surface area (Å²) in [5, 5.41) is 3.39. The van der Waals surface area contributed by atoms with Crippen LogP contribution in [0.3, 0.4) is 0 Å². The molecule has 2 saturated heterocycles. The van der Waals surface area contributed by atoms with Gasteiger partial charge in [0.05, 0.1) is 12.1 Å². The van der Waals surface area contributed by atoms with Gasteiger partial charge in [-0.3, -0.25) is 4.79 Å². The molecule has 3 heterocycles. The summed E-state index contributed by atoms with van der Waals surface area (Å²) < 4.78 is 0. The van der Waals surface area contributed by atoms with Crippen molar-refractivity contribution in [2.24, 2.45) is 5.92 Å². The van der Waals surface area contributed by atoms with Gasteiger partial charge in [-0.25, -0.2) is 0 Å². The van der Waals surface area contributed by atoms with E-state index in [1.165, 1.54) is 12.1 Å². The number of carbonyl (C=O) groups is 1. The molecular formula is C15H23N3O. The molecule has 2 N–H and O–H groups in total. The summed E-state index contributed by atoms with van der Waals surface area (Å²) in [6.45, 7) is 4.11. The highest BCUT2D eigenvalue weighted by atomic mass is 16.2. The number of aromatic amines is 1. The zero-order chi connectivity index (χ0) is 13.2. The Bertz CT molecular complexity index is 429. The van der Waals surface area contributed by atoms with Gasteiger partial charge < -0.3 is 15.2 Å². The number of H-pyrrole nitrogens is 1. The Morgan fingerprint density at radius 1 is 1.42 bits per heavy atom. The molecule has 0 aromatic carbocycles. The Morgan fingerprint density at radius 3 is 3.05 bits per heavy atom. The molecule has 1 aromatic rings. The van der Waals surface area contributed by atoms with Crippen molar-refractivity contribution in [2.75, 3.05) is 13.1 Å². The molecule has 2 aliphatic rings. The molecule has 0 bridgehead atoms. The first-order chi connectivity index (χ1) is 9.25. The van der Waals surface area contributed by atoms with Gasteiger partial charge in [0.25, 0.3) is 0 Å². The number of nitrogens with one attached hydrogen (secondary N) is 2. The third-order valence-electron chi connectivity index (χ3n) is 4.48. The second-order valence-electron chi connectivity index (χ2n) is 5.95. The topological polar surface area (TPSA) is 48.1 Å². The first-order valence-corrected chi connectivity index (χ1v) is 7.43. The van der Waals surface area contributed by atoms with Crippen LogP contribution in [0.4, 0.5) is 0 Å². The number of carbonyl (C=O) groups excluding carboxylic acids is 1. The number of hydrogen-bond acceptors (Lipinski definition) is 2. The molecule has 0 radical (unpaired) electrons. The minimum absolute atomic E-state index is 0.0271. The molecule has 104 valence electrons. The van der Waals surface area contributed by atoms with Gasteiger partial charge in [0.2, 0.25) is 5.91 Å². The lowest BCUT2D eigenvalue weighted by Gasteiger charge is -2.33. The third-order valence-corrected chi connectivity index (χ3v) is 4.48. The molecule has 1 aromatic heterocycles. The van der Waals surface area contributed by atoms with E-state index in [1.807, 2.05) is 12.3 Å². The number of hydrogen-bond donors (Lipinski definition) is 2. The van der Waals surface area contributed by atoms with Gasteiger partial charge in [-0.1, -0.05) is 6.92 Å². The maximum atomic E-state index is 12.7. The second kappa shape index (κ2) is 5.37. The van der Waals surface area contributed by atoms with E-state index in [2.05, 4.69) is 28.2 Å². The maximum Gasteiger partial charge on any atom is 0.240 e. The molecule has 2 fully saturated rings. The normalized spacial score (nSPS) is 31.6. The molecule has 0 aliphatic carbocycles. The van der Waals surface area contributed by atoms with Crippen molar-refractivity contribution < 1.29 is 4.79 Å². The van der Waals surface area contributed by atoms with Gasteiger partial charge in [0, 0.05) is 18.4 Å². The zero-order valence-electron chi connectivity index (χ0n) is 11.6. The van der Waals surface area contributed by atoms with Crippen molar-refractivity contribution in [1.82, 2.24) is 15.2 Å². The van der Waals surface area contributed by atoms with Crippen molar-refractivity contribution in [3.05, 3.63) is 24.0 Å². The van der Waals surface area contributed by atoms with E-state index in [0.29, 0.717) is 11.8 Å². The summed E-state index contributed by atoms with van der Waals surface area (Å²) in [7, 11) is 0. The van der Waals surface area contributed by atoms with Crippen LogP contribution in [0.1, 0.15) is 44.3 Å². The predicted molar refractivity (Wildman–Crippen MR) is 74.7 cm³/mol. The smallest absolute Gasteiger partial charge is 0.240 e. The lowest BCUT2D eigenvalue weighted by molar-refractivity contribution is -0.135. The van der Waals surface area contributed by atoms with Gasteiger partial charge in [0.15, 0.2) is 0 Å². The molecule has 1 amide bonds. The monoisotopic (exact) mass is 261 g/mol. The number of rotatable bonds is 2. The number of nitrogens with zero attached hydrogens (tertiary/aromatic N) is 1. The van der Waals surface area contributed by atoms with Gasteiger partial charge in [-0.05, 0) is 50.3 Å². The number of piperidine rings is 1. The maximum absolute atomic E-state index is 12.7. The Morgan fingerprint density at radius 2 is 2.32 bits per heavy atom. The average Bonchev–Trinajstić information content (AvgIpc) is 3.08. The minimum Gasteiger partial charge on any atom is -0.363 e. The van der Waals surface area contributed by atoms with E-state index in [-0.39, 0.29) is 12.1 Å². The summed E-state index contributed by atoms with van der Waals surface area (Å²) in [6.07, 6.45) is 6.29. The van der Waals surface area contributed by atoms with Crippen LogP contribution < -0.4 is 5.32 Å². The molecule has 3 atom stereocenters. The highest BCUT2D eigenvalue weighted by Gasteiger charge is 2.35. The standard InChI is InChI=1S/C15H23N3O/c1-11-6-8-17-13(10-11)15(19)18-9-3-5-14(18)12-4-2-7-16-12/h2,4,7,11,13-14,16-17H,3,5-6,8-10H2,1H3. The van der Waals surface area contributed by atoms with Crippen LogP contribution >= 0.6 is 0 Å². The molecule has 2 aliphatic heterocycles. The van der Waals surface area contributed by atoms with Crippen LogP contribution in [0.15, 0.2) is 18.3 Å². The van der Waals surface area contributed by atoms with Gasteiger partial charge >= 0.3 is 0 Å². The van der Waals surface area contributed by atoms with Crippen LogP contribution in [0.2, 0.25) is 0 Å². The van der Waals surface area contributed by atoms with Gasteiger partial charge in [-0.2, -0.15) is 0 Å². The fourth-order valence-corrected chi connectivity index (χ4v) is 3.40. The van der Waals surface area contributed by atoms with Crippen LogP contribution in [0.5, 0.6) is 0 Å². The summed E-state index contributed by atoms with van der Waals surface area (Å²) in [6, 6.07) is 4.38. The van der Waals surface area contributed by atoms with E-state index in [4.69, 9.17) is 0 Å². The molecule has 4 heteroatoms. The average molecular weight is 261 g/mol. The molecule has 0 spiro atoms. The van der Waals surface area contributed by atoms with E-state index in [1.54, 1.807) is 0 Å². The number of amides is 1. The van der Waals surface area contributed by atoms with Crippen LogP contribution in [0.25, 0.3) is 0 Å². The van der Waals surface area contributed by atoms with Crippen molar-refractivity contribution >= 4 is 5.91 Å². The summed E-state index contributed by atoms with van der Waals surface area (Å²) >= 11 is 0. The Hall–Kier alpha value is -1.29. The highest BCUT2D eigenvalue weighted by molar-refractivity contribution is 5.82. The molecule has 3 unspecified atom stereocenters. The van der Waals surface area contributed by atoms with Gasteiger partial charge in [0.1, 0.15) is 0 Å². The van der Waals surface area contributed by atoms with E-state index in [0.717, 1.165) is 32.4 Å². The Balaban J connectivity index is 1.71. The summed E-state index contributed by atoms with van der Waals surface area (Å²) in [5.74, 6) is 0.949. The van der Waals surface area contributed by atoms with Gasteiger partial charge in [-0.15, -0.1) is 0 Å². The van der Waals surface area contributed by atoms with E-state index in [9.17, 15) is 4.79 Å². The molecule has 4 nitrogen and oxygen atoms in total. The second-order valence-corrected chi connectivity index (χ2v) is 5.95. The summed E-state index contributed by atoms with van der Waals surface area (Å²) in [4.78, 5) is 18.0. The lowest BCUT2D eigenvalue weighted by Crippen LogP contribution is -2.49. The largest absolute Gasteiger partial charge is 0.363 e. The van der Waals surface area contributed by atoms with Crippen LogP contribution in [-0.2, 0) is 4.79 Å². The highest BCUT2D eigenvalue weighted by Crippen LogP contribution is 2.32. The Labute approximate surface area is 114 Å². The van der Waals surface area contributed by atoms with Crippen molar-refractivity contribution in [3.63, 3.8) is 0 Å². The third kappa shape index (κ3) is 2.54. The van der Waals surface area contributed by atoms with Crippen LogP contribution in [-0.4, -0.2) is 34.9 Å². The zero-order valence-corrected chi connectivity index (χ0v) is 11.6. The van der Waals surface area contributed by atoms with E-state index < -0.39 is 0 Å². The molecule has 0 saturated carbocycles. The first-order valence-electron chi connectivity index (χ1n) is 7.43. The van der Waals surface area contributed by atoms with Crippen LogP contribution in [0, 0.1) is 5.92 Å². The number of aromatic nitrogens is 1. The predicted octanol–water partition coefficient (Wildman–Crippen LogP) is 2.07. The molecule has 3 rings (SSSR count). The SMILES string of the molecule is CC1CCNC(C(=O)N2CCCC2c2ccc[nH]2)C1. The van der Waals surface area contributed by atoms with Crippen molar-refractivity contribution in [2.45, 2.75) is 44.7 Å². The molecular weight excluding hydrogens is 238 g/mol.